The van der Waals surface area contributed by atoms with E-state index >= 15 is 0 Å². The number of esters is 1. The number of ether oxygens (including phenoxy) is 2. The first kappa shape index (κ1) is 16.7. The molecule has 1 rings (SSSR count). The number of hydrogen-bond acceptors (Lipinski definition) is 7. The number of hydrogen-bond donors (Lipinski definition) is 3. The van der Waals surface area contributed by atoms with Gasteiger partial charge in [-0.15, -0.1) is 5.10 Å². The molecule has 4 N–H and O–H groups in total. The molecule has 0 saturated heterocycles. The number of nitrogens with two attached hydrogens (primary N) is 1. The lowest BCUT2D eigenvalue weighted by molar-refractivity contribution is -0.202. The van der Waals surface area contributed by atoms with Crippen molar-refractivity contribution in [1.29, 1.82) is 0 Å². The maximum Gasteiger partial charge on any atom is 0.314 e. The SMILES string of the molecule is CC[C@H](C(=O)OC(C)(C)C)C(N)(O)C1(CC)NN=CO1. The first-order valence-electron chi connectivity index (χ1n) is 6.80. The van der Waals surface area contributed by atoms with E-state index in [-0.39, 0.29) is 0 Å². The van der Waals surface area contributed by atoms with Crippen LogP contribution in [0.3, 0.4) is 0 Å². The number of aliphatic hydroxyl groups is 1. The molecule has 3 atom stereocenters. The number of nitrogens with one attached hydrogen (secondary N) is 1. The average Bonchev–Trinajstić information content (AvgIpc) is 2.76. The molecule has 0 aromatic rings. The number of hydrazone groups is 1. The highest BCUT2D eigenvalue weighted by Crippen LogP contribution is 2.34. The molecule has 1 heterocycles. The Morgan fingerprint density at radius 3 is 2.50 bits per heavy atom. The smallest absolute Gasteiger partial charge is 0.314 e. The first-order chi connectivity index (χ1) is 9.09. The molecule has 0 radical (unpaired) electrons. The molecule has 0 amide bonds. The molecule has 0 aromatic carbocycles. The van der Waals surface area contributed by atoms with Crippen LogP contribution in [0, 0.1) is 5.92 Å². The van der Waals surface area contributed by atoms with Crippen LogP contribution < -0.4 is 11.2 Å². The van der Waals surface area contributed by atoms with E-state index in [0.717, 1.165) is 0 Å². The molecule has 2 unspecified atom stereocenters. The van der Waals surface area contributed by atoms with Gasteiger partial charge in [0.15, 0.2) is 12.1 Å². The van der Waals surface area contributed by atoms with Crippen LogP contribution in [0.15, 0.2) is 5.10 Å². The lowest BCUT2D eigenvalue weighted by Gasteiger charge is -2.43. The molecule has 0 aliphatic carbocycles. The fourth-order valence-corrected chi connectivity index (χ4v) is 2.21. The minimum Gasteiger partial charge on any atom is -0.460 e. The third-order valence-corrected chi connectivity index (χ3v) is 3.33. The molecular weight excluding hydrogens is 262 g/mol. The summed E-state index contributed by atoms with van der Waals surface area (Å²) in [5, 5.41) is 14.4. The van der Waals surface area contributed by atoms with Crippen LogP contribution in [-0.2, 0) is 14.3 Å². The molecule has 1 aliphatic rings. The Morgan fingerprint density at radius 2 is 2.15 bits per heavy atom. The van der Waals surface area contributed by atoms with E-state index in [1.807, 2.05) is 0 Å². The summed E-state index contributed by atoms with van der Waals surface area (Å²) in [5.41, 5.74) is 4.76. The largest absolute Gasteiger partial charge is 0.460 e. The van der Waals surface area contributed by atoms with Crippen molar-refractivity contribution in [3.05, 3.63) is 0 Å². The van der Waals surface area contributed by atoms with Crippen LogP contribution in [0.4, 0.5) is 0 Å². The Hall–Kier alpha value is -1.34. The van der Waals surface area contributed by atoms with Crippen molar-refractivity contribution in [1.82, 2.24) is 5.43 Å². The third kappa shape index (κ3) is 3.04. The highest BCUT2D eigenvalue weighted by atomic mass is 16.6. The number of carbonyl (C=O) groups excluding carboxylic acids is 1. The molecular formula is C13H25N3O4. The van der Waals surface area contributed by atoms with Crippen molar-refractivity contribution >= 4 is 12.4 Å². The van der Waals surface area contributed by atoms with E-state index in [9.17, 15) is 9.90 Å². The Labute approximate surface area is 119 Å². The van der Waals surface area contributed by atoms with Gasteiger partial charge in [0.05, 0.1) is 0 Å². The molecule has 7 heteroatoms. The maximum atomic E-state index is 12.3. The van der Waals surface area contributed by atoms with Gasteiger partial charge in [0, 0.05) is 6.42 Å². The van der Waals surface area contributed by atoms with Gasteiger partial charge in [-0.1, -0.05) is 13.8 Å². The van der Waals surface area contributed by atoms with Crippen LogP contribution >= 0.6 is 0 Å². The van der Waals surface area contributed by atoms with E-state index in [0.29, 0.717) is 12.8 Å². The van der Waals surface area contributed by atoms with Crippen molar-refractivity contribution in [2.75, 3.05) is 0 Å². The highest BCUT2D eigenvalue weighted by Gasteiger charge is 2.58. The lowest BCUT2D eigenvalue weighted by Crippen LogP contribution is -2.71. The molecule has 7 nitrogen and oxygen atoms in total. The van der Waals surface area contributed by atoms with Crippen molar-refractivity contribution in [3.63, 3.8) is 0 Å². The molecule has 0 spiro atoms. The van der Waals surface area contributed by atoms with Crippen LogP contribution in [0.2, 0.25) is 0 Å². The molecule has 0 fully saturated rings. The number of carbonyl (C=O) groups is 1. The van der Waals surface area contributed by atoms with Gasteiger partial charge in [-0.25, -0.2) is 0 Å². The Balaban J connectivity index is 3.00. The standard InChI is InChI=1S/C13H25N3O4/c1-6-9(10(17)20-11(3,4)5)13(14,18)12(7-2)16-15-8-19-12/h8-9,16,18H,6-7,14H2,1-5H3/t9-,12?,13?/m1/s1. The highest BCUT2D eigenvalue weighted by molar-refractivity contribution is 5.74. The quantitative estimate of drug-likeness (QED) is 0.507. The second kappa shape index (κ2) is 5.57. The fraction of sp³-hybridized carbons (Fsp3) is 0.846. The molecule has 116 valence electrons. The third-order valence-electron chi connectivity index (χ3n) is 3.33. The summed E-state index contributed by atoms with van der Waals surface area (Å²) in [7, 11) is 0. The molecule has 0 aromatic heterocycles. The fourth-order valence-electron chi connectivity index (χ4n) is 2.21. The van der Waals surface area contributed by atoms with E-state index in [1.165, 1.54) is 6.40 Å². The minimum absolute atomic E-state index is 0.314. The van der Waals surface area contributed by atoms with E-state index < -0.39 is 28.9 Å². The molecule has 1 aliphatic heterocycles. The van der Waals surface area contributed by atoms with Crippen LogP contribution in [-0.4, -0.2) is 34.5 Å². The Bertz CT molecular complexity index is 380. The van der Waals surface area contributed by atoms with Gasteiger partial charge in [0.2, 0.25) is 5.72 Å². The zero-order valence-corrected chi connectivity index (χ0v) is 12.8. The van der Waals surface area contributed by atoms with Gasteiger partial charge in [0.1, 0.15) is 11.5 Å². The monoisotopic (exact) mass is 287 g/mol. The first-order valence-corrected chi connectivity index (χ1v) is 6.80. The van der Waals surface area contributed by atoms with Crippen LogP contribution in [0.1, 0.15) is 47.5 Å². The van der Waals surface area contributed by atoms with Crippen molar-refractivity contribution in [2.24, 2.45) is 16.8 Å². The predicted octanol–water partition coefficient (Wildman–Crippen LogP) is 0.671. The van der Waals surface area contributed by atoms with Crippen molar-refractivity contribution in [3.8, 4) is 0 Å². The van der Waals surface area contributed by atoms with E-state index in [2.05, 4.69) is 10.5 Å². The predicted molar refractivity (Wildman–Crippen MR) is 74.5 cm³/mol. The second-order valence-electron chi connectivity index (χ2n) is 5.96. The lowest BCUT2D eigenvalue weighted by atomic mass is 9.83. The molecule has 0 saturated carbocycles. The van der Waals surface area contributed by atoms with Crippen molar-refractivity contribution < 1.29 is 19.4 Å². The summed E-state index contributed by atoms with van der Waals surface area (Å²) >= 11 is 0. The zero-order valence-electron chi connectivity index (χ0n) is 12.8. The number of rotatable bonds is 5. The van der Waals surface area contributed by atoms with Gasteiger partial charge < -0.3 is 14.6 Å². The van der Waals surface area contributed by atoms with Gasteiger partial charge >= 0.3 is 5.97 Å². The maximum absolute atomic E-state index is 12.3. The molecule has 0 bridgehead atoms. The minimum atomic E-state index is -1.95. The second-order valence-corrected chi connectivity index (χ2v) is 5.96. The summed E-state index contributed by atoms with van der Waals surface area (Å²) in [6.07, 6.45) is 1.82. The van der Waals surface area contributed by atoms with Crippen molar-refractivity contribution in [2.45, 2.75) is 64.5 Å². The summed E-state index contributed by atoms with van der Waals surface area (Å²) in [6, 6.07) is 0. The topological polar surface area (TPSA) is 106 Å². The normalized spacial score (nSPS) is 26.4. The zero-order chi connectivity index (χ0) is 15.6. The van der Waals surface area contributed by atoms with Gasteiger partial charge in [-0.05, 0) is 27.2 Å². The van der Waals surface area contributed by atoms with Crippen LogP contribution in [0.25, 0.3) is 0 Å². The Kier molecular flexibility index (Phi) is 4.66. The average molecular weight is 287 g/mol. The summed E-state index contributed by atoms with van der Waals surface area (Å²) in [4.78, 5) is 12.3. The summed E-state index contributed by atoms with van der Waals surface area (Å²) < 4.78 is 10.7. The Morgan fingerprint density at radius 1 is 1.55 bits per heavy atom. The van der Waals surface area contributed by atoms with E-state index in [1.54, 1.807) is 34.6 Å². The molecule has 20 heavy (non-hydrogen) atoms. The summed E-state index contributed by atoms with van der Waals surface area (Å²) in [5.74, 6) is -1.49. The van der Waals surface area contributed by atoms with E-state index in [4.69, 9.17) is 15.2 Å². The van der Waals surface area contributed by atoms with Gasteiger partial charge in [0.25, 0.3) is 0 Å². The van der Waals surface area contributed by atoms with Crippen LogP contribution in [0.5, 0.6) is 0 Å². The summed E-state index contributed by atoms with van der Waals surface area (Å²) in [6.45, 7) is 8.82. The van der Waals surface area contributed by atoms with Gasteiger partial charge in [-0.3, -0.25) is 16.0 Å². The van der Waals surface area contributed by atoms with Gasteiger partial charge in [-0.2, -0.15) is 0 Å². The number of nitrogens with zero attached hydrogens (tertiary/aromatic N) is 1.